The Labute approximate surface area is 95.4 Å². The molecule has 84 valence electrons. The van der Waals surface area contributed by atoms with Crippen molar-refractivity contribution in [3.8, 4) is 0 Å². The van der Waals surface area contributed by atoms with Gasteiger partial charge in [0, 0.05) is 11.1 Å². The Balaban J connectivity index is 2.26. The second kappa shape index (κ2) is 2.59. The van der Waals surface area contributed by atoms with Crippen LogP contribution in [0.5, 0.6) is 0 Å². The van der Waals surface area contributed by atoms with E-state index in [2.05, 4.69) is 49.2 Å². The molecule has 2 aliphatic rings. The number of benzene rings is 1. The van der Waals surface area contributed by atoms with Crippen LogP contribution in [-0.2, 0) is 10.2 Å². The van der Waals surface area contributed by atoms with Crippen molar-refractivity contribution < 1.29 is 4.79 Å². The highest BCUT2D eigenvalue weighted by Crippen LogP contribution is 2.51. The van der Waals surface area contributed by atoms with Crippen LogP contribution in [-0.4, -0.2) is 18.1 Å². The molecule has 1 aromatic carbocycles. The Morgan fingerprint density at radius 2 is 1.94 bits per heavy atom. The number of hydrogen-bond acceptors (Lipinski definition) is 2. The minimum Gasteiger partial charge on any atom is -0.339 e. The number of carbonyl (C=O) groups excluding carboxylic acids is 1. The molecule has 16 heavy (non-hydrogen) atoms. The van der Waals surface area contributed by atoms with E-state index in [1.54, 1.807) is 0 Å². The maximum atomic E-state index is 11.6. The number of hydrogen-bond donors (Lipinski definition) is 1. The van der Waals surface area contributed by atoms with Crippen LogP contribution in [0.3, 0.4) is 0 Å². The summed E-state index contributed by atoms with van der Waals surface area (Å²) in [5.41, 5.74) is 2.16. The van der Waals surface area contributed by atoms with E-state index in [4.69, 9.17) is 0 Å². The van der Waals surface area contributed by atoms with E-state index in [1.807, 2.05) is 6.07 Å². The zero-order valence-electron chi connectivity index (χ0n) is 9.87. The average molecular weight is 216 g/mol. The summed E-state index contributed by atoms with van der Waals surface area (Å²) in [4.78, 5) is 13.8. The van der Waals surface area contributed by atoms with Crippen molar-refractivity contribution in [3.05, 3.63) is 29.8 Å². The molecule has 1 amide bonds. The number of para-hydroxylation sites is 1. The van der Waals surface area contributed by atoms with Crippen molar-refractivity contribution in [2.24, 2.45) is 0 Å². The lowest BCUT2D eigenvalue weighted by atomic mass is 9.77. The topological polar surface area (TPSA) is 32.3 Å². The molecule has 3 rings (SSSR count). The summed E-state index contributed by atoms with van der Waals surface area (Å²) >= 11 is 0. The SMILES string of the molecule is CC1(C)c2ccccc2N2CC(=O)N[C@]21C. The molecule has 0 aromatic heterocycles. The molecule has 0 radical (unpaired) electrons. The molecule has 3 nitrogen and oxygen atoms in total. The molecule has 2 aliphatic heterocycles. The van der Waals surface area contributed by atoms with Crippen molar-refractivity contribution in [2.75, 3.05) is 11.4 Å². The van der Waals surface area contributed by atoms with Crippen LogP contribution < -0.4 is 10.2 Å². The second-order valence-electron chi connectivity index (χ2n) is 5.35. The fraction of sp³-hybridized carbons (Fsp3) is 0.462. The molecule has 0 bridgehead atoms. The molecule has 0 saturated carbocycles. The number of nitrogens with one attached hydrogen (secondary N) is 1. The van der Waals surface area contributed by atoms with E-state index in [9.17, 15) is 4.79 Å². The third-order valence-corrected chi connectivity index (χ3v) is 4.31. The third kappa shape index (κ3) is 0.872. The van der Waals surface area contributed by atoms with Crippen molar-refractivity contribution in [1.82, 2.24) is 5.32 Å². The van der Waals surface area contributed by atoms with Crippen molar-refractivity contribution in [3.63, 3.8) is 0 Å². The highest BCUT2D eigenvalue weighted by molar-refractivity contribution is 5.90. The number of amides is 1. The van der Waals surface area contributed by atoms with Gasteiger partial charge in [0.1, 0.15) is 5.66 Å². The molecule has 0 aliphatic carbocycles. The van der Waals surface area contributed by atoms with Crippen LogP contribution in [0.1, 0.15) is 26.3 Å². The zero-order chi connectivity index (χ0) is 11.6. The first kappa shape index (κ1) is 9.70. The van der Waals surface area contributed by atoms with Crippen LogP contribution in [0.15, 0.2) is 24.3 Å². The number of rotatable bonds is 0. The lowest BCUT2D eigenvalue weighted by Gasteiger charge is -2.39. The van der Waals surface area contributed by atoms with Gasteiger partial charge in [-0.1, -0.05) is 32.0 Å². The van der Waals surface area contributed by atoms with Gasteiger partial charge >= 0.3 is 0 Å². The lowest BCUT2D eigenvalue weighted by Crippen LogP contribution is -2.57. The molecular formula is C13H16N2O. The smallest absolute Gasteiger partial charge is 0.241 e. The van der Waals surface area contributed by atoms with Crippen LogP contribution in [0.25, 0.3) is 0 Å². The monoisotopic (exact) mass is 216 g/mol. The van der Waals surface area contributed by atoms with Gasteiger partial charge in [-0.2, -0.15) is 0 Å². The summed E-state index contributed by atoms with van der Waals surface area (Å²) in [7, 11) is 0. The van der Waals surface area contributed by atoms with Gasteiger partial charge in [-0.3, -0.25) is 4.79 Å². The largest absolute Gasteiger partial charge is 0.339 e. The molecule has 1 saturated heterocycles. The quantitative estimate of drug-likeness (QED) is 0.715. The lowest BCUT2D eigenvalue weighted by molar-refractivity contribution is -0.119. The van der Waals surface area contributed by atoms with E-state index >= 15 is 0 Å². The minimum absolute atomic E-state index is 0.0598. The first-order chi connectivity index (χ1) is 7.47. The first-order valence-corrected chi connectivity index (χ1v) is 5.65. The van der Waals surface area contributed by atoms with E-state index in [0.29, 0.717) is 6.54 Å². The maximum Gasteiger partial charge on any atom is 0.241 e. The van der Waals surface area contributed by atoms with Crippen molar-refractivity contribution in [2.45, 2.75) is 31.8 Å². The molecule has 1 N–H and O–H groups in total. The van der Waals surface area contributed by atoms with E-state index in [-0.39, 0.29) is 17.0 Å². The van der Waals surface area contributed by atoms with Crippen LogP contribution in [0.4, 0.5) is 5.69 Å². The number of anilines is 1. The molecule has 1 fully saturated rings. The molecule has 1 atom stereocenters. The Bertz CT molecular complexity index is 481. The fourth-order valence-electron chi connectivity index (χ4n) is 3.00. The summed E-state index contributed by atoms with van der Waals surface area (Å²) in [6.07, 6.45) is 0. The number of fused-ring (bicyclic) bond motifs is 3. The van der Waals surface area contributed by atoms with Gasteiger partial charge < -0.3 is 10.2 Å². The Morgan fingerprint density at radius 1 is 1.25 bits per heavy atom. The Morgan fingerprint density at radius 3 is 2.69 bits per heavy atom. The minimum atomic E-state index is -0.284. The average Bonchev–Trinajstić information content (AvgIpc) is 2.61. The molecule has 0 unspecified atom stereocenters. The van der Waals surface area contributed by atoms with Gasteiger partial charge in [0.25, 0.3) is 0 Å². The zero-order valence-corrected chi connectivity index (χ0v) is 9.87. The second-order valence-corrected chi connectivity index (χ2v) is 5.35. The maximum absolute atomic E-state index is 11.6. The van der Waals surface area contributed by atoms with E-state index < -0.39 is 0 Å². The standard InChI is InChI=1S/C13H16N2O/c1-12(2)9-6-4-5-7-10(9)15-8-11(16)14-13(12,15)3/h4-7H,8H2,1-3H3,(H,14,16)/t13-/m1/s1. The van der Waals surface area contributed by atoms with E-state index in [1.165, 1.54) is 11.3 Å². The van der Waals surface area contributed by atoms with Crippen LogP contribution in [0, 0.1) is 0 Å². The number of nitrogens with zero attached hydrogens (tertiary/aromatic N) is 1. The summed E-state index contributed by atoms with van der Waals surface area (Å²) in [6.45, 7) is 6.96. The van der Waals surface area contributed by atoms with Gasteiger partial charge in [0.05, 0.1) is 6.54 Å². The highest BCUT2D eigenvalue weighted by atomic mass is 16.2. The fourth-order valence-corrected chi connectivity index (χ4v) is 3.00. The van der Waals surface area contributed by atoms with E-state index in [0.717, 1.165) is 0 Å². The van der Waals surface area contributed by atoms with Gasteiger partial charge in [0.2, 0.25) is 5.91 Å². The normalized spacial score (nSPS) is 29.9. The van der Waals surface area contributed by atoms with Gasteiger partial charge in [-0.25, -0.2) is 0 Å². The molecule has 0 spiro atoms. The van der Waals surface area contributed by atoms with Crippen molar-refractivity contribution in [1.29, 1.82) is 0 Å². The molecular weight excluding hydrogens is 200 g/mol. The summed E-state index contributed by atoms with van der Waals surface area (Å²) in [5, 5.41) is 3.12. The predicted octanol–water partition coefficient (Wildman–Crippen LogP) is 1.63. The number of carbonyl (C=O) groups is 1. The Kier molecular flexibility index (Phi) is 1.57. The Hall–Kier alpha value is -1.51. The predicted molar refractivity (Wildman–Crippen MR) is 63.4 cm³/mol. The van der Waals surface area contributed by atoms with Crippen LogP contribution >= 0.6 is 0 Å². The molecule has 3 heteroatoms. The summed E-state index contributed by atoms with van der Waals surface area (Å²) in [6, 6.07) is 8.35. The van der Waals surface area contributed by atoms with Crippen LogP contribution in [0.2, 0.25) is 0 Å². The molecule has 2 heterocycles. The van der Waals surface area contributed by atoms with Gasteiger partial charge in [-0.15, -0.1) is 0 Å². The summed E-state index contributed by atoms with van der Waals surface area (Å²) in [5.74, 6) is 0.116. The highest BCUT2D eigenvalue weighted by Gasteiger charge is 2.58. The van der Waals surface area contributed by atoms with Gasteiger partial charge in [0.15, 0.2) is 0 Å². The summed E-state index contributed by atoms with van der Waals surface area (Å²) < 4.78 is 0. The third-order valence-electron chi connectivity index (χ3n) is 4.31. The molecule has 1 aromatic rings. The van der Waals surface area contributed by atoms with Crippen molar-refractivity contribution >= 4 is 11.6 Å². The van der Waals surface area contributed by atoms with Gasteiger partial charge in [-0.05, 0) is 18.6 Å². The first-order valence-electron chi connectivity index (χ1n) is 5.65.